The zero-order valence-electron chi connectivity index (χ0n) is 9.48. The summed E-state index contributed by atoms with van der Waals surface area (Å²) in [5.41, 5.74) is 3.05. The molecule has 0 N–H and O–H groups in total. The third kappa shape index (κ3) is 2.35. The topological polar surface area (TPSA) is 17.3 Å². The Bertz CT molecular complexity index is 704. The number of rotatable bonds is 2. The predicted octanol–water partition coefficient (Wildman–Crippen LogP) is 4.23. The highest BCUT2D eigenvalue weighted by Crippen LogP contribution is 2.16. The van der Waals surface area contributed by atoms with E-state index in [0.29, 0.717) is 5.02 Å². The molecular weight excluding hydrogens is 267 g/mol. The molecule has 0 saturated heterocycles. The van der Waals surface area contributed by atoms with Gasteiger partial charge in [0.1, 0.15) is 5.65 Å². The summed E-state index contributed by atoms with van der Waals surface area (Å²) in [4.78, 5) is 4.54. The zero-order chi connectivity index (χ0) is 12.5. The third-order valence-corrected chi connectivity index (χ3v) is 3.20. The molecular formula is C14H10Cl2N2. The fraction of sp³-hybridized carbons (Fsp3) is 0.0714. The van der Waals surface area contributed by atoms with E-state index in [1.54, 1.807) is 0 Å². The van der Waals surface area contributed by atoms with E-state index < -0.39 is 0 Å². The van der Waals surface area contributed by atoms with Gasteiger partial charge in [-0.3, -0.25) is 0 Å². The number of fused-ring (bicyclic) bond motifs is 1. The molecule has 0 aliphatic rings. The predicted molar refractivity (Wildman–Crippen MR) is 74.5 cm³/mol. The van der Waals surface area contributed by atoms with Crippen molar-refractivity contribution in [1.82, 2.24) is 9.38 Å². The number of halogens is 2. The van der Waals surface area contributed by atoms with Crippen LogP contribution < -0.4 is 0 Å². The van der Waals surface area contributed by atoms with Crippen LogP contribution in [-0.4, -0.2) is 9.38 Å². The van der Waals surface area contributed by atoms with Crippen molar-refractivity contribution in [2.24, 2.45) is 0 Å². The molecule has 0 fully saturated rings. The van der Waals surface area contributed by atoms with Gasteiger partial charge < -0.3 is 4.40 Å². The molecule has 0 amide bonds. The van der Waals surface area contributed by atoms with E-state index in [-0.39, 0.29) is 0 Å². The fourth-order valence-corrected chi connectivity index (χ4v) is 2.34. The third-order valence-electron chi connectivity index (χ3n) is 2.74. The monoisotopic (exact) mass is 276 g/mol. The summed E-state index contributed by atoms with van der Waals surface area (Å²) in [7, 11) is 0. The van der Waals surface area contributed by atoms with Crippen molar-refractivity contribution in [3.8, 4) is 0 Å². The van der Waals surface area contributed by atoms with Crippen LogP contribution >= 0.6 is 23.2 Å². The van der Waals surface area contributed by atoms with E-state index in [0.717, 1.165) is 28.3 Å². The van der Waals surface area contributed by atoms with Crippen LogP contribution in [0, 0.1) is 0 Å². The first kappa shape index (κ1) is 11.6. The molecule has 0 atom stereocenters. The standard InChI is InChI=1S/C14H10Cl2N2/c15-11-3-1-2-10(6-11)7-13-9-18-8-12(16)4-5-14(18)17-13/h1-6,8-9H,7H2. The van der Waals surface area contributed by atoms with Gasteiger partial charge in [-0.25, -0.2) is 4.98 Å². The summed E-state index contributed by atoms with van der Waals surface area (Å²) in [6.45, 7) is 0. The molecule has 0 radical (unpaired) electrons. The van der Waals surface area contributed by atoms with Crippen LogP contribution in [0.3, 0.4) is 0 Å². The van der Waals surface area contributed by atoms with Gasteiger partial charge >= 0.3 is 0 Å². The number of aromatic nitrogens is 2. The van der Waals surface area contributed by atoms with Gasteiger partial charge in [-0.15, -0.1) is 0 Å². The summed E-state index contributed by atoms with van der Waals surface area (Å²) in [5.74, 6) is 0. The van der Waals surface area contributed by atoms with Crippen LogP contribution in [0.1, 0.15) is 11.3 Å². The summed E-state index contributed by atoms with van der Waals surface area (Å²) in [6, 6.07) is 11.6. The zero-order valence-corrected chi connectivity index (χ0v) is 11.0. The molecule has 0 aliphatic carbocycles. The molecule has 3 rings (SSSR count). The number of pyridine rings is 1. The van der Waals surface area contributed by atoms with E-state index in [9.17, 15) is 0 Å². The first-order valence-corrected chi connectivity index (χ1v) is 6.34. The van der Waals surface area contributed by atoms with Crippen LogP contribution in [0.15, 0.2) is 48.8 Å². The van der Waals surface area contributed by atoms with E-state index in [1.165, 1.54) is 0 Å². The highest BCUT2D eigenvalue weighted by atomic mass is 35.5. The molecule has 0 spiro atoms. The Morgan fingerprint density at radius 3 is 2.72 bits per heavy atom. The first-order valence-electron chi connectivity index (χ1n) is 5.58. The quantitative estimate of drug-likeness (QED) is 0.685. The van der Waals surface area contributed by atoms with E-state index in [2.05, 4.69) is 4.98 Å². The van der Waals surface area contributed by atoms with E-state index in [4.69, 9.17) is 23.2 Å². The Labute approximate surface area is 115 Å². The Hall–Kier alpha value is -1.51. The van der Waals surface area contributed by atoms with Gasteiger partial charge in [-0.1, -0.05) is 35.3 Å². The average Bonchev–Trinajstić information content (AvgIpc) is 2.70. The lowest BCUT2D eigenvalue weighted by atomic mass is 10.1. The van der Waals surface area contributed by atoms with E-state index >= 15 is 0 Å². The van der Waals surface area contributed by atoms with Crippen LogP contribution in [0.2, 0.25) is 10.0 Å². The van der Waals surface area contributed by atoms with Crippen molar-refractivity contribution in [2.45, 2.75) is 6.42 Å². The second-order valence-corrected chi connectivity index (χ2v) is 5.02. The first-order chi connectivity index (χ1) is 8.70. The van der Waals surface area contributed by atoms with Crippen molar-refractivity contribution in [1.29, 1.82) is 0 Å². The summed E-state index contributed by atoms with van der Waals surface area (Å²) in [5, 5.41) is 1.45. The van der Waals surface area contributed by atoms with Gasteiger partial charge in [0.25, 0.3) is 0 Å². The molecule has 2 aromatic heterocycles. The smallest absolute Gasteiger partial charge is 0.137 e. The Kier molecular flexibility index (Phi) is 2.98. The van der Waals surface area contributed by atoms with E-state index in [1.807, 2.05) is 53.2 Å². The Morgan fingerprint density at radius 2 is 1.89 bits per heavy atom. The van der Waals surface area contributed by atoms with Crippen molar-refractivity contribution < 1.29 is 0 Å². The lowest BCUT2D eigenvalue weighted by molar-refractivity contribution is 1.11. The maximum absolute atomic E-state index is 5.97. The number of imidazole rings is 1. The van der Waals surface area contributed by atoms with Crippen LogP contribution in [0.5, 0.6) is 0 Å². The van der Waals surface area contributed by atoms with Crippen LogP contribution in [0.4, 0.5) is 0 Å². The maximum atomic E-state index is 5.97. The number of nitrogens with zero attached hydrogens (tertiary/aromatic N) is 2. The van der Waals surface area contributed by atoms with Gasteiger partial charge in [0, 0.05) is 23.8 Å². The number of hydrogen-bond donors (Lipinski definition) is 0. The van der Waals surface area contributed by atoms with Gasteiger partial charge in [-0.05, 0) is 29.8 Å². The summed E-state index contributed by atoms with van der Waals surface area (Å²) in [6.07, 6.45) is 4.60. The summed E-state index contributed by atoms with van der Waals surface area (Å²) >= 11 is 11.9. The Balaban J connectivity index is 1.95. The molecule has 1 aromatic carbocycles. The van der Waals surface area contributed by atoms with Gasteiger partial charge in [-0.2, -0.15) is 0 Å². The molecule has 4 heteroatoms. The second kappa shape index (κ2) is 4.63. The molecule has 0 bridgehead atoms. The van der Waals surface area contributed by atoms with Crippen molar-refractivity contribution in [3.05, 3.63) is 70.1 Å². The number of benzene rings is 1. The minimum absolute atomic E-state index is 0.703. The SMILES string of the molecule is Clc1cccc(Cc2cn3cc(Cl)ccc3n2)c1. The van der Waals surface area contributed by atoms with Gasteiger partial charge in [0.05, 0.1) is 10.7 Å². The average molecular weight is 277 g/mol. The Morgan fingerprint density at radius 1 is 1.00 bits per heavy atom. The molecule has 3 aromatic rings. The van der Waals surface area contributed by atoms with Crippen molar-refractivity contribution >= 4 is 28.8 Å². The molecule has 0 aliphatic heterocycles. The normalized spacial score (nSPS) is 11.0. The van der Waals surface area contributed by atoms with Crippen LogP contribution in [-0.2, 0) is 6.42 Å². The summed E-state index contributed by atoms with van der Waals surface area (Å²) < 4.78 is 1.93. The number of hydrogen-bond acceptors (Lipinski definition) is 1. The molecule has 18 heavy (non-hydrogen) atoms. The molecule has 2 heterocycles. The highest BCUT2D eigenvalue weighted by Gasteiger charge is 2.03. The van der Waals surface area contributed by atoms with Gasteiger partial charge in [0.15, 0.2) is 0 Å². The minimum atomic E-state index is 0.703. The fourth-order valence-electron chi connectivity index (χ4n) is 1.96. The molecule has 0 unspecified atom stereocenters. The second-order valence-electron chi connectivity index (χ2n) is 4.15. The molecule has 2 nitrogen and oxygen atoms in total. The largest absolute Gasteiger partial charge is 0.305 e. The highest BCUT2D eigenvalue weighted by molar-refractivity contribution is 6.30. The van der Waals surface area contributed by atoms with Crippen LogP contribution in [0.25, 0.3) is 5.65 Å². The van der Waals surface area contributed by atoms with Crippen molar-refractivity contribution in [2.75, 3.05) is 0 Å². The molecule has 0 saturated carbocycles. The maximum Gasteiger partial charge on any atom is 0.137 e. The minimum Gasteiger partial charge on any atom is -0.305 e. The van der Waals surface area contributed by atoms with Gasteiger partial charge in [0.2, 0.25) is 0 Å². The molecule has 90 valence electrons. The lowest BCUT2D eigenvalue weighted by Gasteiger charge is -1.97. The van der Waals surface area contributed by atoms with Crippen molar-refractivity contribution in [3.63, 3.8) is 0 Å². The lowest BCUT2D eigenvalue weighted by Crippen LogP contribution is -1.87.